The Hall–Kier alpha value is -1.69. The van der Waals surface area contributed by atoms with Gasteiger partial charge >= 0.3 is 0 Å². The molecule has 0 aliphatic carbocycles. The van der Waals surface area contributed by atoms with Gasteiger partial charge in [-0.3, -0.25) is 4.79 Å². The lowest BCUT2D eigenvalue weighted by Crippen LogP contribution is -2.48. The highest BCUT2D eigenvalue weighted by molar-refractivity contribution is 7.80. The highest BCUT2D eigenvalue weighted by Gasteiger charge is 2.12. The van der Waals surface area contributed by atoms with E-state index in [-0.39, 0.29) is 11.7 Å². The zero-order valence-corrected chi connectivity index (χ0v) is 11.8. The van der Waals surface area contributed by atoms with Gasteiger partial charge in [-0.1, -0.05) is 12.1 Å². The van der Waals surface area contributed by atoms with Gasteiger partial charge in [-0.2, -0.15) is 0 Å². The fourth-order valence-electron chi connectivity index (χ4n) is 1.43. The molecule has 0 spiro atoms. The highest BCUT2D eigenvalue weighted by atomic mass is 32.1. The number of carbonyl (C=O) groups is 1. The summed E-state index contributed by atoms with van der Waals surface area (Å²) in [5.74, 6) is -0.372. The molecule has 4 nitrogen and oxygen atoms in total. The second-order valence-electron chi connectivity index (χ2n) is 4.07. The van der Waals surface area contributed by atoms with Crippen LogP contribution in [0.15, 0.2) is 24.3 Å². The van der Waals surface area contributed by atoms with Crippen molar-refractivity contribution in [2.45, 2.75) is 26.4 Å². The summed E-state index contributed by atoms with van der Waals surface area (Å²) in [4.78, 5) is 11.5. The van der Waals surface area contributed by atoms with Crippen molar-refractivity contribution in [1.82, 2.24) is 16.0 Å². The number of thiocarbonyl (C=S) groups is 1. The monoisotopic (exact) mass is 283 g/mol. The average molecular weight is 283 g/mol. The molecule has 0 saturated heterocycles. The van der Waals surface area contributed by atoms with Crippen LogP contribution in [-0.4, -0.2) is 23.6 Å². The van der Waals surface area contributed by atoms with Gasteiger partial charge in [0.05, 0.1) is 0 Å². The standard InChI is InChI=1S/C13H18FN3OS/c1-3-15-12(18)9(2)17-13(19)16-8-10-4-6-11(14)7-5-10/h4-7,9H,3,8H2,1-2H3,(H,15,18)(H2,16,17,19)/t9-/m0/s1. The molecule has 3 N–H and O–H groups in total. The van der Waals surface area contributed by atoms with Crippen molar-refractivity contribution >= 4 is 23.2 Å². The van der Waals surface area contributed by atoms with Crippen molar-refractivity contribution in [1.29, 1.82) is 0 Å². The second kappa shape index (κ2) is 7.68. The molecule has 1 atom stereocenters. The van der Waals surface area contributed by atoms with Crippen LogP contribution in [-0.2, 0) is 11.3 Å². The van der Waals surface area contributed by atoms with Gasteiger partial charge in [0.2, 0.25) is 5.91 Å². The summed E-state index contributed by atoms with van der Waals surface area (Å²) in [6, 6.07) is 5.75. The molecule has 1 amide bonds. The molecular weight excluding hydrogens is 265 g/mol. The van der Waals surface area contributed by atoms with Crippen molar-refractivity contribution in [3.63, 3.8) is 0 Å². The van der Waals surface area contributed by atoms with Gasteiger partial charge in [-0.25, -0.2) is 4.39 Å². The van der Waals surface area contributed by atoms with Crippen LogP contribution in [0.4, 0.5) is 4.39 Å². The Morgan fingerprint density at radius 1 is 1.32 bits per heavy atom. The van der Waals surface area contributed by atoms with Crippen LogP contribution >= 0.6 is 12.2 Å². The van der Waals surface area contributed by atoms with E-state index in [9.17, 15) is 9.18 Å². The lowest BCUT2D eigenvalue weighted by atomic mass is 10.2. The first kappa shape index (κ1) is 15.4. The van der Waals surface area contributed by atoms with Crippen molar-refractivity contribution < 1.29 is 9.18 Å². The minimum atomic E-state index is -0.395. The summed E-state index contributed by atoms with van der Waals surface area (Å²) in [5, 5.41) is 8.94. The third-order valence-electron chi connectivity index (χ3n) is 2.46. The Morgan fingerprint density at radius 3 is 2.53 bits per heavy atom. The number of likely N-dealkylation sites (N-methyl/N-ethyl adjacent to an activating group) is 1. The predicted molar refractivity (Wildman–Crippen MR) is 77.1 cm³/mol. The smallest absolute Gasteiger partial charge is 0.242 e. The maximum Gasteiger partial charge on any atom is 0.242 e. The molecule has 1 rings (SSSR count). The van der Waals surface area contributed by atoms with E-state index in [0.717, 1.165) is 5.56 Å². The molecule has 0 bridgehead atoms. The Morgan fingerprint density at radius 2 is 1.95 bits per heavy atom. The third-order valence-corrected chi connectivity index (χ3v) is 2.72. The first-order valence-corrected chi connectivity index (χ1v) is 6.50. The van der Waals surface area contributed by atoms with Crippen LogP contribution in [0.1, 0.15) is 19.4 Å². The van der Waals surface area contributed by atoms with Crippen LogP contribution < -0.4 is 16.0 Å². The molecule has 1 aromatic carbocycles. The second-order valence-corrected chi connectivity index (χ2v) is 4.48. The van der Waals surface area contributed by atoms with Gasteiger partial charge in [0.1, 0.15) is 11.9 Å². The third kappa shape index (κ3) is 5.65. The average Bonchev–Trinajstić information content (AvgIpc) is 2.38. The summed E-state index contributed by atoms with van der Waals surface area (Å²) < 4.78 is 12.7. The normalized spacial score (nSPS) is 11.5. The first-order chi connectivity index (χ1) is 9.02. The fraction of sp³-hybridized carbons (Fsp3) is 0.385. The van der Waals surface area contributed by atoms with Crippen molar-refractivity contribution in [2.24, 2.45) is 0 Å². The fourth-order valence-corrected chi connectivity index (χ4v) is 1.67. The number of halogens is 1. The number of hydrogen-bond acceptors (Lipinski definition) is 2. The quantitative estimate of drug-likeness (QED) is 0.713. The van der Waals surface area contributed by atoms with E-state index in [0.29, 0.717) is 18.2 Å². The summed E-state index contributed by atoms with van der Waals surface area (Å²) in [6.07, 6.45) is 0. The number of hydrogen-bond donors (Lipinski definition) is 3. The molecule has 0 radical (unpaired) electrons. The molecule has 0 unspecified atom stereocenters. The van der Waals surface area contributed by atoms with E-state index in [1.807, 2.05) is 6.92 Å². The summed E-state index contributed by atoms with van der Waals surface area (Å²) >= 11 is 5.08. The van der Waals surface area contributed by atoms with E-state index in [1.54, 1.807) is 19.1 Å². The first-order valence-electron chi connectivity index (χ1n) is 6.09. The van der Waals surface area contributed by atoms with Crippen LogP contribution in [0.3, 0.4) is 0 Å². The predicted octanol–water partition coefficient (Wildman–Crippen LogP) is 1.31. The number of amides is 1. The maximum absolute atomic E-state index is 12.7. The lowest BCUT2D eigenvalue weighted by Gasteiger charge is -2.16. The molecular formula is C13H18FN3OS. The van der Waals surface area contributed by atoms with E-state index in [1.165, 1.54) is 12.1 Å². The Balaban J connectivity index is 2.35. The number of benzene rings is 1. The molecule has 0 aliphatic heterocycles. The van der Waals surface area contributed by atoms with Crippen LogP contribution in [0.25, 0.3) is 0 Å². The SMILES string of the molecule is CCNC(=O)[C@H](C)NC(=S)NCc1ccc(F)cc1. The molecule has 104 valence electrons. The summed E-state index contributed by atoms with van der Waals surface area (Å²) in [7, 11) is 0. The van der Waals surface area contributed by atoms with Gasteiger partial charge in [0.25, 0.3) is 0 Å². The van der Waals surface area contributed by atoms with E-state index in [4.69, 9.17) is 12.2 Å². The zero-order chi connectivity index (χ0) is 14.3. The molecule has 19 heavy (non-hydrogen) atoms. The zero-order valence-electron chi connectivity index (χ0n) is 11.0. The Kier molecular flexibility index (Phi) is 6.21. The van der Waals surface area contributed by atoms with Crippen molar-refractivity contribution in [3.8, 4) is 0 Å². The topological polar surface area (TPSA) is 53.2 Å². The van der Waals surface area contributed by atoms with Crippen LogP contribution in [0.5, 0.6) is 0 Å². The molecule has 0 aromatic heterocycles. The number of nitrogens with one attached hydrogen (secondary N) is 3. The number of carbonyl (C=O) groups excluding carboxylic acids is 1. The minimum Gasteiger partial charge on any atom is -0.359 e. The Bertz CT molecular complexity index is 436. The minimum absolute atomic E-state index is 0.103. The van der Waals surface area contributed by atoms with Crippen molar-refractivity contribution in [3.05, 3.63) is 35.6 Å². The van der Waals surface area contributed by atoms with Gasteiger partial charge in [-0.15, -0.1) is 0 Å². The Labute approximate surface area is 117 Å². The molecule has 0 aliphatic rings. The van der Waals surface area contributed by atoms with E-state index < -0.39 is 6.04 Å². The van der Waals surface area contributed by atoms with Gasteiger partial charge in [-0.05, 0) is 43.8 Å². The largest absolute Gasteiger partial charge is 0.359 e. The van der Waals surface area contributed by atoms with E-state index >= 15 is 0 Å². The molecule has 0 saturated carbocycles. The van der Waals surface area contributed by atoms with Gasteiger partial charge in [0, 0.05) is 13.1 Å². The molecule has 1 aromatic rings. The van der Waals surface area contributed by atoms with Crippen molar-refractivity contribution in [2.75, 3.05) is 6.54 Å². The molecule has 6 heteroatoms. The van der Waals surface area contributed by atoms with Crippen LogP contribution in [0.2, 0.25) is 0 Å². The highest BCUT2D eigenvalue weighted by Crippen LogP contribution is 2.01. The van der Waals surface area contributed by atoms with Crippen LogP contribution in [0, 0.1) is 5.82 Å². The lowest BCUT2D eigenvalue weighted by molar-refractivity contribution is -0.122. The molecule has 0 fully saturated rings. The summed E-state index contributed by atoms with van der Waals surface area (Å²) in [5.41, 5.74) is 0.913. The van der Waals surface area contributed by atoms with Gasteiger partial charge in [0.15, 0.2) is 5.11 Å². The van der Waals surface area contributed by atoms with Gasteiger partial charge < -0.3 is 16.0 Å². The summed E-state index contributed by atoms with van der Waals surface area (Å²) in [6.45, 7) is 4.65. The molecule has 0 heterocycles. The number of rotatable bonds is 5. The maximum atomic E-state index is 12.7. The van der Waals surface area contributed by atoms with E-state index in [2.05, 4.69) is 16.0 Å².